The minimum Gasteiger partial charge on any atom is -0.417 e. The molecule has 158 valence electrons. The number of pyridine rings is 1. The number of rotatable bonds is 13. The predicted octanol–water partition coefficient (Wildman–Crippen LogP) is 7.55. The Kier molecular flexibility index (Phi) is 12.4. The first-order chi connectivity index (χ1) is 13.3. The molecule has 0 amide bonds. The van der Waals surface area contributed by atoms with E-state index < -0.39 is 8.32 Å². The van der Waals surface area contributed by atoms with Gasteiger partial charge in [0.15, 0.2) is 8.32 Å². The number of hydrogen-bond donors (Lipinski definition) is 0. The number of aryl methyl sites for hydroxylation is 1. The van der Waals surface area contributed by atoms with Crippen molar-refractivity contribution in [1.29, 1.82) is 0 Å². The molecule has 0 aromatic carbocycles. The van der Waals surface area contributed by atoms with Gasteiger partial charge in [0, 0.05) is 31.8 Å². The molecule has 1 rings (SSSR count). The number of hydrogen-bond acceptors (Lipinski definition) is 2. The van der Waals surface area contributed by atoms with Crippen molar-refractivity contribution in [3.8, 4) is 11.8 Å². The van der Waals surface area contributed by atoms with E-state index in [0.29, 0.717) is 5.04 Å². The van der Waals surface area contributed by atoms with Crippen LogP contribution in [0.3, 0.4) is 0 Å². The minimum absolute atomic E-state index is 0.327. The molecule has 28 heavy (non-hydrogen) atoms. The maximum absolute atomic E-state index is 6.24. The van der Waals surface area contributed by atoms with Crippen LogP contribution in [0.5, 0.6) is 0 Å². The van der Waals surface area contributed by atoms with E-state index in [-0.39, 0.29) is 0 Å². The van der Waals surface area contributed by atoms with Gasteiger partial charge in [0.2, 0.25) is 0 Å². The molecule has 2 nitrogen and oxygen atoms in total. The van der Waals surface area contributed by atoms with Crippen molar-refractivity contribution in [3.63, 3.8) is 0 Å². The Morgan fingerprint density at radius 1 is 0.893 bits per heavy atom. The summed E-state index contributed by atoms with van der Waals surface area (Å²) in [7, 11) is -1.54. The van der Waals surface area contributed by atoms with Crippen LogP contribution < -0.4 is 0 Å². The molecule has 0 saturated carbocycles. The van der Waals surface area contributed by atoms with E-state index in [4.69, 9.17) is 4.43 Å². The summed E-state index contributed by atoms with van der Waals surface area (Å²) in [6, 6.07) is 4.17. The van der Waals surface area contributed by atoms with Gasteiger partial charge in [-0.25, -0.2) is 0 Å². The number of aromatic nitrogens is 1. The van der Waals surface area contributed by atoms with Gasteiger partial charge in [0.25, 0.3) is 0 Å². The van der Waals surface area contributed by atoms with Gasteiger partial charge >= 0.3 is 0 Å². The molecule has 3 heteroatoms. The second kappa shape index (κ2) is 14.0. The highest BCUT2D eigenvalue weighted by Gasteiger charge is 2.36. The number of nitrogens with zero attached hydrogens (tertiary/aromatic N) is 1. The minimum atomic E-state index is -1.54. The van der Waals surface area contributed by atoms with Crippen molar-refractivity contribution in [3.05, 3.63) is 30.1 Å². The standard InChI is InChI=1S/C25H43NOSi/c1-25(2,3)28(4,5)27-22-17-15-13-11-9-7-6-8-10-12-14-16-19-24-20-18-21-26-23-24/h18,20-21,23H,6-7,9,11-17,19,22H2,1-5H3. The van der Waals surface area contributed by atoms with Gasteiger partial charge in [-0.3, -0.25) is 4.98 Å². The first kappa shape index (κ1) is 24.9. The normalized spacial score (nSPS) is 11.9. The second-order valence-electron chi connectivity index (χ2n) is 9.40. The highest BCUT2D eigenvalue weighted by molar-refractivity contribution is 6.74. The van der Waals surface area contributed by atoms with Gasteiger partial charge in [-0.15, -0.1) is 11.8 Å². The van der Waals surface area contributed by atoms with Gasteiger partial charge in [0.05, 0.1) is 0 Å². The van der Waals surface area contributed by atoms with Gasteiger partial charge in [0.1, 0.15) is 0 Å². The molecule has 0 radical (unpaired) electrons. The molecule has 0 fully saturated rings. The SMILES string of the molecule is CC(C)(C)[Si](C)(C)OCCCCCCCCC#CCCCCc1cccnc1. The molecule has 0 aliphatic carbocycles. The van der Waals surface area contributed by atoms with Gasteiger partial charge < -0.3 is 4.43 Å². The molecule has 0 spiro atoms. The Bertz CT molecular complexity index is 566. The quantitative estimate of drug-likeness (QED) is 0.193. The predicted molar refractivity (Wildman–Crippen MR) is 125 cm³/mol. The Balaban J connectivity index is 1.87. The first-order valence-corrected chi connectivity index (χ1v) is 14.2. The summed E-state index contributed by atoms with van der Waals surface area (Å²) in [6.07, 6.45) is 17.2. The zero-order chi connectivity index (χ0) is 20.7. The fourth-order valence-corrected chi connectivity index (χ4v) is 3.92. The van der Waals surface area contributed by atoms with E-state index in [1.54, 1.807) is 0 Å². The van der Waals surface area contributed by atoms with E-state index >= 15 is 0 Å². The summed E-state index contributed by atoms with van der Waals surface area (Å²) in [4.78, 5) is 4.15. The maximum Gasteiger partial charge on any atom is 0.191 e. The van der Waals surface area contributed by atoms with Crippen LogP contribution in [0.15, 0.2) is 24.5 Å². The Morgan fingerprint density at radius 2 is 1.50 bits per heavy atom. The fraction of sp³-hybridized carbons (Fsp3) is 0.720. The molecule has 0 aliphatic rings. The van der Waals surface area contributed by atoms with Crippen LogP contribution in [0.4, 0.5) is 0 Å². The van der Waals surface area contributed by atoms with Crippen molar-refractivity contribution >= 4 is 8.32 Å². The van der Waals surface area contributed by atoms with Crippen LogP contribution in [-0.4, -0.2) is 19.9 Å². The smallest absolute Gasteiger partial charge is 0.191 e. The van der Waals surface area contributed by atoms with Crippen molar-refractivity contribution in [2.75, 3.05) is 6.61 Å². The molecule has 0 unspecified atom stereocenters. The van der Waals surface area contributed by atoms with E-state index in [1.165, 1.54) is 56.9 Å². The number of unbranched alkanes of at least 4 members (excludes halogenated alkanes) is 8. The molecular formula is C25H43NOSi. The third kappa shape index (κ3) is 11.7. The molecular weight excluding hydrogens is 358 g/mol. The van der Waals surface area contributed by atoms with Crippen molar-refractivity contribution < 1.29 is 4.43 Å². The second-order valence-corrected chi connectivity index (χ2v) is 14.2. The fourth-order valence-electron chi connectivity index (χ4n) is 2.83. The summed E-state index contributed by atoms with van der Waals surface area (Å²) in [5.41, 5.74) is 1.34. The zero-order valence-electron chi connectivity index (χ0n) is 19.2. The highest BCUT2D eigenvalue weighted by atomic mass is 28.4. The van der Waals surface area contributed by atoms with Gasteiger partial charge in [-0.05, 0) is 61.9 Å². The summed E-state index contributed by atoms with van der Waals surface area (Å²) >= 11 is 0. The van der Waals surface area contributed by atoms with Crippen molar-refractivity contribution in [2.24, 2.45) is 0 Å². The largest absolute Gasteiger partial charge is 0.417 e. The van der Waals surface area contributed by atoms with Crippen LogP contribution in [0.2, 0.25) is 18.1 Å². The summed E-state index contributed by atoms with van der Waals surface area (Å²) in [5, 5.41) is 0.327. The Morgan fingerprint density at radius 3 is 2.11 bits per heavy atom. The molecule has 1 aromatic rings. The lowest BCUT2D eigenvalue weighted by Crippen LogP contribution is -2.40. The lowest BCUT2D eigenvalue weighted by Gasteiger charge is -2.36. The first-order valence-electron chi connectivity index (χ1n) is 11.3. The molecule has 0 atom stereocenters. The molecule has 0 saturated heterocycles. The van der Waals surface area contributed by atoms with E-state index in [9.17, 15) is 0 Å². The average Bonchev–Trinajstić information content (AvgIpc) is 2.64. The highest BCUT2D eigenvalue weighted by Crippen LogP contribution is 2.36. The lowest BCUT2D eigenvalue weighted by molar-refractivity contribution is 0.277. The monoisotopic (exact) mass is 401 g/mol. The third-order valence-corrected chi connectivity index (χ3v) is 10.4. The van der Waals surface area contributed by atoms with Gasteiger partial charge in [-0.2, -0.15) is 0 Å². The molecule has 1 heterocycles. The zero-order valence-corrected chi connectivity index (χ0v) is 20.2. The van der Waals surface area contributed by atoms with E-state index in [0.717, 1.165) is 25.9 Å². The van der Waals surface area contributed by atoms with Crippen LogP contribution in [0.25, 0.3) is 0 Å². The lowest BCUT2D eigenvalue weighted by atomic mass is 10.1. The molecule has 0 bridgehead atoms. The summed E-state index contributed by atoms with van der Waals surface area (Å²) in [5.74, 6) is 6.69. The maximum atomic E-state index is 6.24. The third-order valence-electron chi connectivity index (χ3n) is 5.83. The van der Waals surface area contributed by atoms with Crippen molar-refractivity contribution in [1.82, 2.24) is 4.98 Å². The van der Waals surface area contributed by atoms with Crippen LogP contribution >= 0.6 is 0 Å². The average molecular weight is 402 g/mol. The van der Waals surface area contributed by atoms with Crippen LogP contribution in [0, 0.1) is 11.8 Å². The van der Waals surface area contributed by atoms with E-state index in [2.05, 4.69) is 56.8 Å². The molecule has 0 aliphatic heterocycles. The van der Waals surface area contributed by atoms with Crippen LogP contribution in [-0.2, 0) is 10.8 Å². The summed E-state index contributed by atoms with van der Waals surface area (Å²) < 4.78 is 6.24. The van der Waals surface area contributed by atoms with Gasteiger partial charge in [-0.1, -0.05) is 52.5 Å². The van der Waals surface area contributed by atoms with Crippen LogP contribution in [0.1, 0.15) is 90.5 Å². The topological polar surface area (TPSA) is 22.1 Å². The Labute approximate surface area is 176 Å². The van der Waals surface area contributed by atoms with E-state index in [1.807, 2.05) is 18.5 Å². The Hall–Kier alpha value is -1.11. The molecule has 1 aromatic heterocycles. The molecule has 0 N–H and O–H groups in total. The van der Waals surface area contributed by atoms with Crippen molar-refractivity contribution in [2.45, 2.75) is 110 Å². The summed E-state index contributed by atoms with van der Waals surface area (Å²) in [6.45, 7) is 12.6.